The smallest absolute Gasteiger partial charge is 0.0441 e. The Kier molecular flexibility index (Phi) is 6.02. The van der Waals surface area contributed by atoms with Crippen LogP contribution in [0.5, 0.6) is 0 Å². The minimum Gasteiger partial charge on any atom is -0.261 e. The first-order chi connectivity index (χ1) is 7.32. The van der Waals surface area contributed by atoms with Gasteiger partial charge in [0.15, 0.2) is 0 Å². The van der Waals surface area contributed by atoms with Crippen molar-refractivity contribution in [3.8, 4) is 0 Å². The molecule has 0 aliphatic rings. The highest BCUT2D eigenvalue weighted by Crippen LogP contribution is 2.25. The number of aliphatic imine (C=N–C) groups is 1. The van der Waals surface area contributed by atoms with Gasteiger partial charge in [-0.05, 0) is 38.7 Å². The fraction of sp³-hybridized carbons (Fsp3) is 0.533. The topological polar surface area (TPSA) is 12.4 Å². The van der Waals surface area contributed by atoms with Crippen LogP contribution in [0.1, 0.15) is 48.5 Å². The van der Waals surface area contributed by atoms with Crippen LogP contribution in [0.4, 0.5) is 0 Å². The maximum Gasteiger partial charge on any atom is 0.0441 e. The van der Waals surface area contributed by atoms with Crippen molar-refractivity contribution in [2.24, 2.45) is 10.4 Å². The number of hydrogen-bond donors (Lipinski definition) is 0. The van der Waals surface area contributed by atoms with E-state index in [-0.39, 0.29) is 5.41 Å². The Labute approximate surface area is 101 Å². The van der Waals surface area contributed by atoms with Gasteiger partial charge >= 0.3 is 0 Å². The van der Waals surface area contributed by atoms with Gasteiger partial charge in [0.05, 0.1) is 0 Å². The Bertz CT molecular complexity index is 333. The molecule has 0 amide bonds. The molecule has 90 valence electrons. The lowest BCUT2D eigenvalue weighted by atomic mass is 9.86. The van der Waals surface area contributed by atoms with E-state index >= 15 is 0 Å². The fourth-order valence-corrected chi connectivity index (χ4v) is 1.11. The normalized spacial score (nSPS) is 16.1. The lowest BCUT2D eigenvalue weighted by molar-refractivity contribution is 0.504. The zero-order valence-corrected chi connectivity index (χ0v) is 11.8. The van der Waals surface area contributed by atoms with Crippen LogP contribution in [0, 0.1) is 5.41 Å². The second kappa shape index (κ2) is 6.47. The number of rotatable bonds is 3. The monoisotopic (exact) mass is 219 g/mol. The standard InChI is InChI=1S/C15H25N/c1-8-10-16-13(4)14(9-2)11-12(3)15(5,6)7/h8-11H,1-7H3/b10-8-,12-11+,14-9-,16-13-. The van der Waals surface area contributed by atoms with Gasteiger partial charge in [-0.1, -0.05) is 44.6 Å². The van der Waals surface area contributed by atoms with E-state index in [9.17, 15) is 0 Å². The molecule has 0 saturated carbocycles. The van der Waals surface area contributed by atoms with Crippen molar-refractivity contribution in [3.05, 3.63) is 35.6 Å². The van der Waals surface area contributed by atoms with E-state index in [1.807, 2.05) is 26.1 Å². The molecule has 0 aliphatic heterocycles. The summed E-state index contributed by atoms with van der Waals surface area (Å²) in [5.74, 6) is 0. The third-order valence-corrected chi connectivity index (χ3v) is 2.70. The van der Waals surface area contributed by atoms with Crippen LogP contribution in [0.25, 0.3) is 0 Å². The molecule has 0 spiro atoms. The van der Waals surface area contributed by atoms with Gasteiger partial charge in [-0.15, -0.1) is 0 Å². The van der Waals surface area contributed by atoms with E-state index < -0.39 is 0 Å². The Hall–Kier alpha value is -1.11. The van der Waals surface area contributed by atoms with Crippen molar-refractivity contribution in [1.29, 1.82) is 0 Å². The largest absolute Gasteiger partial charge is 0.261 e. The van der Waals surface area contributed by atoms with E-state index in [1.54, 1.807) is 0 Å². The van der Waals surface area contributed by atoms with Gasteiger partial charge in [-0.25, -0.2) is 0 Å². The van der Waals surface area contributed by atoms with Crippen molar-refractivity contribution >= 4 is 5.71 Å². The van der Waals surface area contributed by atoms with Crippen molar-refractivity contribution < 1.29 is 0 Å². The molecule has 0 aromatic carbocycles. The Morgan fingerprint density at radius 1 is 1.06 bits per heavy atom. The maximum absolute atomic E-state index is 4.37. The zero-order valence-electron chi connectivity index (χ0n) is 11.8. The van der Waals surface area contributed by atoms with Gasteiger partial charge in [0, 0.05) is 11.9 Å². The van der Waals surface area contributed by atoms with E-state index in [0.29, 0.717) is 0 Å². The highest BCUT2D eigenvalue weighted by atomic mass is 14.7. The third kappa shape index (κ3) is 5.11. The fourth-order valence-electron chi connectivity index (χ4n) is 1.11. The Morgan fingerprint density at radius 3 is 2.00 bits per heavy atom. The predicted octanol–water partition coefficient (Wildman–Crippen LogP) is 4.92. The molecule has 0 rings (SSSR count). The molecule has 1 nitrogen and oxygen atoms in total. The van der Waals surface area contributed by atoms with E-state index in [1.165, 1.54) is 11.1 Å². The summed E-state index contributed by atoms with van der Waals surface area (Å²) < 4.78 is 0. The molecule has 0 saturated heterocycles. The SMILES string of the molecule is C\C=C/N=C(C)\C(=C/C)\C=C(/C)C(C)(C)C. The molecule has 0 aliphatic carbocycles. The van der Waals surface area contributed by atoms with Gasteiger partial charge in [-0.3, -0.25) is 4.99 Å². The first-order valence-electron chi connectivity index (χ1n) is 5.84. The number of allylic oxidation sites excluding steroid dienone is 5. The summed E-state index contributed by atoms with van der Waals surface area (Å²) in [4.78, 5) is 4.37. The molecule has 0 heterocycles. The van der Waals surface area contributed by atoms with Crippen molar-refractivity contribution in [3.63, 3.8) is 0 Å². The van der Waals surface area contributed by atoms with Gasteiger partial charge in [0.25, 0.3) is 0 Å². The average Bonchev–Trinajstić information content (AvgIpc) is 2.20. The van der Waals surface area contributed by atoms with Gasteiger partial charge in [0.2, 0.25) is 0 Å². The van der Waals surface area contributed by atoms with Crippen LogP contribution >= 0.6 is 0 Å². The van der Waals surface area contributed by atoms with E-state index in [0.717, 1.165) is 5.71 Å². The van der Waals surface area contributed by atoms with E-state index in [2.05, 4.69) is 51.8 Å². The Balaban J connectivity index is 5.07. The summed E-state index contributed by atoms with van der Waals surface area (Å²) in [6, 6.07) is 0. The molecule has 0 bridgehead atoms. The first kappa shape index (κ1) is 14.9. The number of hydrogen-bond acceptors (Lipinski definition) is 1. The summed E-state index contributed by atoms with van der Waals surface area (Å²) in [5, 5.41) is 0. The molecule has 0 unspecified atom stereocenters. The van der Waals surface area contributed by atoms with Crippen LogP contribution in [0.2, 0.25) is 0 Å². The zero-order chi connectivity index (χ0) is 12.8. The minimum absolute atomic E-state index is 0.217. The molecule has 0 aromatic rings. The molecule has 0 atom stereocenters. The highest BCUT2D eigenvalue weighted by molar-refractivity contribution is 6.01. The second-order valence-electron chi connectivity index (χ2n) is 5.02. The van der Waals surface area contributed by atoms with Gasteiger partial charge in [0.1, 0.15) is 0 Å². The van der Waals surface area contributed by atoms with Crippen LogP contribution in [-0.4, -0.2) is 5.71 Å². The molecule has 0 fully saturated rings. The molecular weight excluding hydrogens is 194 g/mol. The van der Waals surface area contributed by atoms with Crippen LogP contribution in [0.3, 0.4) is 0 Å². The lowest BCUT2D eigenvalue weighted by Gasteiger charge is -2.20. The third-order valence-electron chi connectivity index (χ3n) is 2.70. The number of nitrogens with zero attached hydrogens (tertiary/aromatic N) is 1. The lowest BCUT2D eigenvalue weighted by Crippen LogP contribution is -2.08. The summed E-state index contributed by atoms with van der Waals surface area (Å²) in [6.45, 7) is 14.9. The van der Waals surface area contributed by atoms with Crippen LogP contribution in [0.15, 0.2) is 40.6 Å². The molecule has 16 heavy (non-hydrogen) atoms. The quantitative estimate of drug-likeness (QED) is 0.472. The summed E-state index contributed by atoms with van der Waals surface area (Å²) >= 11 is 0. The molecular formula is C15H25N. The van der Waals surface area contributed by atoms with Crippen molar-refractivity contribution in [1.82, 2.24) is 0 Å². The average molecular weight is 219 g/mol. The van der Waals surface area contributed by atoms with Crippen molar-refractivity contribution in [2.45, 2.75) is 48.5 Å². The van der Waals surface area contributed by atoms with Gasteiger partial charge < -0.3 is 0 Å². The van der Waals surface area contributed by atoms with E-state index in [4.69, 9.17) is 0 Å². The molecule has 0 aromatic heterocycles. The maximum atomic E-state index is 4.37. The molecule has 1 heteroatoms. The first-order valence-corrected chi connectivity index (χ1v) is 5.84. The van der Waals surface area contributed by atoms with Crippen LogP contribution in [-0.2, 0) is 0 Å². The summed E-state index contributed by atoms with van der Waals surface area (Å²) in [5.41, 5.74) is 3.85. The van der Waals surface area contributed by atoms with Crippen LogP contribution < -0.4 is 0 Å². The predicted molar refractivity (Wildman–Crippen MR) is 74.9 cm³/mol. The van der Waals surface area contributed by atoms with Crippen molar-refractivity contribution in [2.75, 3.05) is 0 Å². The van der Waals surface area contributed by atoms with Gasteiger partial charge in [-0.2, -0.15) is 0 Å². The second-order valence-corrected chi connectivity index (χ2v) is 5.02. The Morgan fingerprint density at radius 2 is 1.62 bits per heavy atom. The summed E-state index contributed by atoms with van der Waals surface area (Å²) in [7, 11) is 0. The summed E-state index contributed by atoms with van der Waals surface area (Å²) in [6.07, 6.45) is 8.11. The molecule has 0 N–H and O–H groups in total. The highest BCUT2D eigenvalue weighted by Gasteiger charge is 2.12. The molecule has 0 radical (unpaired) electrons. The minimum atomic E-state index is 0.217.